The third kappa shape index (κ3) is 1.52. The van der Waals surface area contributed by atoms with E-state index in [1.165, 1.54) is 0 Å². The monoisotopic (exact) mass is 226 g/mol. The minimum Gasteiger partial charge on any atom is -0.374 e. The van der Waals surface area contributed by atoms with E-state index in [-0.39, 0.29) is 5.95 Å². The molecule has 3 rings (SSSR count). The Balaban J connectivity index is 1.93. The lowest BCUT2D eigenvalue weighted by atomic mass is 10.2. The number of ether oxygens (including phenoxy) is 1. The quantitative estimate of drug-likeness (QED) is 0.714. The van der Waals surface area contributed by atoms with Gasteiger partial charge < -0.3 is 15.4 Å². The van der Waals surface area contributed by atoms with Gasteiger partial charge in [-0.3, -0.25) is 0 Å². The molecule has 2 unspecified atom stereocenters. The summed E-state index contributed by atoms with van der Waals surface area (Å²) in [4.78, 5) is 10.2. The van der Waals surface area contributed by atoms with Crippen molar-refractivity contribution >= 4 is 23.4 Å². The molecule has 2 fully saturated rings. The first kappa shape index (κ1) is 9.18. The van der Waals surface area contributed by atoms with Crippen LogP contribution in [-0.4, -0.2) is 35.3 Å². The Hall–Kier alpha value is -1.07. The number of nitrogen functional groups attached to an aromatic ring is 1. The molecule has 2 bridgehead atoms. The molecule has 0 aliphatic carbocycles. The van der Waals surface area contributed by atoms with E-state index in [4.69, 9.17) is 22.1 Å². The number of halogens is 1. The Kier molecular flexibility index (Phi) is 1.97. The zero-order valence-electron chi connectivity index (χ0n) is 8.06. The fourth-order valence-corrected chi connectivity index (χ4v) is 2.43. The van der Waals surface area contributed by atoms with E-state index in [0.717, 1.165) is 25.4 Å². The summed E-state index contributed by atoms with van der Waals surface area (Å²) in [5.74, 6) is 1.03. The van der Waals surface area contributed by atoms with Gasteiger partial charge in [-0.1, -0.05) is 11.6 Å². The van der Waals surface area contributed by atoms with E-state index in [2.05, 4.69) is 14.9 Å². The number of morpholine rings is 1. The van der Waals surface area contributed by atoms with Crippen LogP contribution in [0.4, 0.5) is 11.8 Å². The molecule has 0 saturated carbocycles. The largest absolute Gasteiger partial charge is 0.374 e. The van der Waals surface area contributed by atoms with Crippen molar-refractivity contribution in [3.8, 4) is 0 Å². The van der Waals surface area contributed by atoms with Crippen molar-refractivity contribution in [1.82, 2.24) is 9.97 Å². The van der Waals surface area contributed by atoms with Crippen LogP contribution in [0.1, 0.15) is 6.42 Å². The van der Waals surface area contributed by atoms with Crippen LogP contribution in [0.5, 0.6) is 0 Å². The Bertz CT molecular complexity index is 379. The summed E-state index contributed by atoms with van der Waals surface area (Å²) < 4.78 is 5.51. The van der Waals surface area contributed by atoms with Crippen LogP contribution < -0.4 is 10.6 Å². The molecule has 2 N–H and O–H groups in total. The van der Waals surface area contributed by atoms with Gasteiger partial charge in [0.15, 0.2) is 0 Å². The summed E-state index contributed by atoms with van der Waals surface area (Å²) in [7, 11) is 0. The molecule has 2 atom stereocenters. The number of nitrogens with two attached hydrogens (primary N) is 1. The first-order valence-electron chi connectivity index (χ1n) is 4.90. The van der Waals surface area contributed by atoms with Crippen LogP contribution in [-0.2, 0) is 4.74 Å². The molecule has 5 nitrogen and oxygen atoms in total. The lowest BCUT2D eigenvalue weighted by Gasteiger charge is -2.27. The molecule has 6 heteroatoms. The van der Waals surface area contributed by atoms with Gasteiger partial charge in [-0.25, -0.2) is 4.98 Å². The Morgan fingerprint density at radius 1 is 1.53 bits per heavy atom. The molecule has 0 spiro atoms. The molecular formula is C9H11ClN4O. The number of nitrogens with zero attached hydrogens (tertiary/aromatic N) is 3. The predicted molar refractivity (Wildman–Crippen MR) is 56.9 cm³/mol. The van der Waals surface area contributed by atoms with E-state index < -0.39 is 0 Å². The van der Waals surface area contributed by atoms with Crippen LogP contribution in [0.2, 0.25) is 5.15 Å². The minimum absolute atomic E-state index is 0.223. The molecule has 0 amide bonds. The van der Waals surface area contributed by atoms with Crippen molar-refractivity contribution in [3.63, 3.8) is 0 Å². The fourth-order valence-electron chi connectivity index (χ4n) is 2.25. The molecular weight excluding hydrogens is 216 g/mol. The number of fused-ring (bicyclic) bond motifs is 2. The topological polar surface area (TPSA) is 64.3 Å². The zero-order chi connectivity index (χ0) is 10.4. The van der Waals surface area contributed by atoms with Crippen LogP contribution in [0.25, 0.3) is 0 Å². The highest BCUT2D eigenvalue weighted by Crippen LogP contribution is 2.32. The first-order valence-corrected chi connectivity index (χ1v) is 5.28. The van der Waals surface area contributed by atoms with Gasteiger partial charge in [0.05, 0.1) is 18.8 Å². The van der Waals surface area contributed by atoms with E-state index in [1.807, 2.05) is 0 Å². The van der Waals surface area contributed by atoms with Gasteiger partial charge >= 0.3 is 0 Å². The smallest absolute Gasteiger partial charge is 0.223 e. The Morgan fingerprint density at radius 3 is 3.00 bits per heavy atom. The second-order valence-corrected chi connectivity index (χ2v) is 4.29. The second-order valence-electron chi connectivity index (χ2n) is 3.90. The van der Waals surface area contributed by atoms with Crippen LogP contribution in [0.3, 0.4) is 0 Å². The van der Waals surface area contributed by atoms with Crippen molar-refractivity contribution < 1.29 is 4.74 Å². The van der Waals surface area contributed by atoms with Crippen molar-refractivity contribution in [1.29, 1.82) is 0 Å². The average molecular weight is 227 g/mol. The second kappa shape index (κ2) is 3.21. The van der Waals surface area contributed by atoms with E-state index in [1.54, 1.807) is 6.07 Å². The summed E-state index contributed by atoms with van der Waals surface area (Å²) in [5, 5.41) is 0.390. The van der Waals surface area contributed by atoms with Crippen molar-refractivity contribution in [2.75, 3.05) is 23.8 Å². The summed E-state index contributed by atoms with van der Waals surface area (Å²) in [6.45, 7) is 1.64. The Labute approximate surface area is 92.2 Å². The van der Waals surface area contributed by atoms with E-state index in [9.17, 15) is 0 Å². The number of hydrogen-bond donors (Lipinski definition) is 1. The third-order valence-corrected chi connectivity index (χ3v) is 3.09. The average Bonchev–Trinajstić information content (AvgIpc) is 2.76. The van der Waals surface area contributed by atoms with Crippen LogP contribution in [0, 0.1) is 0 Å². The van der Waals surface area contributed by atoms with Gasteiger partial charge in [0, 0.05) is 12.6 Å². The number of hydrogen-bond acceptors (Lipinski definition) is 5. The lowest BCUT2D eigenvalue weighted by Crippen LogP contribution is -2.37. The highest BCUT2D eigenvalue weighted by Gasteiger charge is 2.39. The van der Waals surface area contributed by atoms with Gasteiger partial charge in [-0.05, 0) is 6.42 Å². The summed E-state index contributed by atoms with van der Waals surface area (Å²) in [6, 6.07) is 2.17. The van der Waals surface area contributed by atoms with Crippen molar-refractivity contribution in [2.45, 2.75) is 18.6 Å². The number of aromatic nitrogens is 2. The normalized spacial score (nSPS) is 28.7. The standard InChI is InChI=1S/C9H11ClN4O/c10-7-2-8(13-9(11)12-7)14-3-6-1-5(14)4-15-6/h2,5-6H,1,3-4H2,(H2,11,12,13). The van der Waals surface area contributed by atoms with Crippen LogP contribution in [0.15, 0.2) is 6.07 Å². The van der Waals surface area contributed by atoms with Crippen molar-refractivity contribution in [3.05, 3.63) is 11.2 Å². The maximum Gasteiger partial charge on any atom is 0.223 e. The van der Waals surface area contributed by atoms with Gasteiger partial charge in [0.2, 0.25) is 5.95 Å². The first-order chi connectivity index (χ1) is 7.22. The van der Waals surface area contributed by atoms with Gasteiger partial charge in [0.1, 0.15) is 11.0 Å². The molecule has 0 aromatic carbocycles. The predicted octanol–water partition coefficient (Wildman–Crippen LogP) is 0.690. The van der Waals surface area contributed by atoms with Crippen molar-refractivity contribution in [2.24, 2.45) is 0 Å². The highest BCUT2D eigenvalue weighted by atomic mass is 35.5. The highest BCUT2D eigenvalue weighted by molar-refractivity contribution is 6.29. The summed E-state index contributed by atoms with van der Waals surface area (Å²) >= 11 is 5.84. The van der Waals surface area contributed by atoms with E-state index in [0.29, 0.717) is 17.3 Å². The molecule has 2 aliphatic heterocycles. The molecule has 15 heavy (non-hydrogen) atoms. The molecule has 0 radical (unpaired) electrons. The minimum atomic E-state index is 0.223. The van der Waals surface area contributed by atoms with E-state index >= 15 is 0 Å². The molecule has 3 heterocycles. The Morgan fingerprint density at radius 2 is 2.40 bits per heavy atom. The number of anilines is 2. The fraction of sp³-hybridized carbons (Fsp3) is 0.556. The zero-order valence-corrected chi connectivity index (χ0v) is 8.81. The maximum atomic E-state index is 5.84. The summed E-state index contributed by atoms with van der Waals surface area (Å²) in [5.41, 5.74) is 5.56. The van der Waals surface area contributed by atoms with Crippen LogP contribution >= 0.6 is 11.6 Å². The molecule has 2 saturated heterocycles. The lowest BCUT2D eigenvalue weighted by molar-refractivity contribution is 0.0989. The SMILES string of the molecule is Nc1nc(Cl)cc(N2CC3CC2CO3)n1. The van der Waals surface area contributed by atoms with Gasteiger partial charge in [-0.2, -0.15) is 4.98 Å². The van der Waals surface area contributed by atoms with Gasteiger partial charge in [0.25, 0.3) is 0 Å². The third-order valence-electron chi connectivity index (χ3n) is 2.89. The molecule has 2 aliphatic rings. The number of rotatable bonds is 1. The molecule has 80 valence electrons. The summed E-state index contributed by atoms with van der Waals surface area (Å²) in [6.07, 6.45) is 1.41. The molecule has 1 aromatic rings. The molecule has 1 aromatic heterocycles. The van der Waals surface area contributed by atoms with Gasteiger partial charge in [-0.15, -0.1) is 0 Å². The maximum absolute atomic E-state index is 5.84.